The fraction of sp³-hybridized carbons (Fsp3) is 0.167. The SMILES string of the molecule is C=CC(=O)Nc1ccc(NS(=O)(=O)c2ccc3c(c2)OCCCO3)cc1. The van der Waals surface area contributed by atoms with E-state index < -0.39 is 10.0 Å². The quantitative estimate of drug-likeness (QED) is 0.785. The molecule has 0 radical (unpaired) electrons. The Balaban J connectivity index is 1.77. The summed E-state index contributed by atoms with van der Waals surface area (Å²) < 4.78 is 38.7. The first-order valence-corrected chi connectivity index (χ1v) is 9.42. The van der Waals surface area contributed by atoms with E-state index in [1.54, 1.807) is 30.3 Å². The van der Waals surface area contributed by atoms with Crippen LogP contribution in [0.1, 0.15) is 6.42 Å². The highest BCUT2D eigenvalue weighted by atomic mass is 32.2. The van der Waals surface area contributed by atoms with E-state index in [1.165, 1.54) is 12.1 Å². The van der Waals surface area contributed by atoms with Crippen LogP contribution in [0.2, 0.25) is 0 Å². The molecule has 0 aromatic heterocycles. The molecule has 2 N–H and O–H groups in total. The molecule has 0 aliphatic carbocycles. The maximum atomic E-state index is 12.6. The fourth-order valence-electron chi connectivity index (χ4n) is 2.34. The number of hydrogen-bond acceptors (Lipinski definition) is 5. The zero-order chi connectivity index (χ0) is 18.6. The summed E-state index contributed by atoms with van der Waals surface area (Å²) in [6.07, 6.45) is 1.89. The van der Waals surface area contributed by atoms with Crippen LogP contribution in [0.25, 0.3) is 0 Å². The minimum atomic E-state index is -3.79. The van der Waals surface area contributed by atoms with E-state index in [9.17, 15) is 13.2 Å². The van der Waals surface area contributed by atoms with Gasteiger partial charge in [0.15, 0.2) is 11.5 Å². The van der Waals surface area contributed by atoms with Crippen molar-refractivity contribution in [3.05, 3.63) is 55.1 Å². The van der Waals surface area contributed by atoms with Crippen molar-refractivity contribution in [1.82, 2.24) is 0 Å². The van der Waals surface area contributed by atoms with E-state index in [0.29, 0.717) is 36.1 Å². The van der Waals surface area contributed by atoms with Gasteiger partial charge in [0.2, 0.25) is 5.91 Å². The molecular weight excluding hydrogens is 356 g/mol. The average molecular weight is 374 g/mol. The third-order valence-electron chi connectivity index (χ3n) is 3.62. The second kappa shape index (κ2) is 7.49. The lowest BCUT2D eigenvalue weighted by Crippen LogP contribution is -2.13. The molecule has 1 aliphatic rings. The minimum absolute atomic E-state index is 0.0748. The van der Waals surface area contributed by atoms with Crippen molar-refractivity contribution in [2.75, 3.05) is 23.3 Å². The molecule has 0 saturated heterocycles. The van der Waals surface area contributed by atoms with Crippen LogP contribution in [0.5, 0.6) is 11.5 Å². The first kappa shape index (κ1) is 17.8. The fourth-order valence-corrected chi connectivity index (χ4v) is 3.41. The number of amides is 1. The first-order chi connectivity index (χ1) is 12.5. The molecule has 26 heavy (non-hydrogen) atoms. The van der Waals surface area contributed by atoms with Crippen molar-refractivity contribution in [2.24, 2.45) is 0 Å². The maximum absolute atomic E-state index is 12.6. The van der Waals surface area contributed by atoms with Gasteiger partial charge in [-0.3, -0.25) is 9.52 Å². The van der Waals surface area contributed by atoms with Crippen molar-refractivity contribution >= 4 is 27.3 Å². The summed E-state index contributed by atoms with van der Waals surface area (Å²) in [5, 5.41) is 2.59. The molecular formula is C18H18N2O5S. The number of rotatable bonds is 5. The van der Waals surface area contributed by atoms with Crippen molar-refractivity contribution in [1.29, 1.82) is 0 Å². The standard InChI is InChI=1S/C18H18N2O5S/c1-2-18(21)19-13-4-6-14(7-5-13)20-26(22,23)15-8-9-16-17(12-15)25-11-3-10-24-16/h2,4-9,12,20H,1,3,10-11H2,(H,19,21). The number of benzene rings is 2. The van der Waals surface area contributed by atoms with E-state index >= 15 is 0 Å². The Kier molecular flexibility index (Phi) is 5.13. The van der Waals surface area contributed by atoms with Gasteiger partial charge in [-0.25, -0.2) is 8.42 Å². The summed E-state index contributed by atoms with van der Waals surface area (Å²) in [5.41, 5.74) is 0.905. The molecule has 0 bridgehead atoms. The van der Waals surface area contributed by atoms with E-state index in [1.807, 2.05) is 0 Å². The summed E-state index contributed by atoms with van der Waals surface area (Å²) >= 11 is 0. The second-order valence-corrected chi connectivity index (χ2v) is 7.22. The molecule has 8 heteroatoms. The second-order valence-electron chi connectivity index (χ2n) is 5.54. The molecule has 7 nitrogen and oxygen atoms in total. The number of anilines is 2. The lowest BCUT2D eigenvalue weighted by molar-refractivity contribution is -0.111. The van der Waals surface area contributed by atoms with Crippen molar-refractivity contribution < 1.29 is 22.7 Å². The summed E-state index contributed by atoms with van der Waals surface area (Å²) in [6.45, 7) is 4.38. The number of hydrogen-bond donors (Lipinski definition) is 2. The van der Waals surface area contributed by atoms with Gasteiger partial charge < -0.3 is 14.8 Å². The van der Waals surface area contributed by atoms with Crippen LogP contribution in [0, 0.1) is 0 Å². The maximum Gasteiger partial charge on any atom is 0.262 e. The van der Waals surface area contributed by atoms with Crippen LogP contribution in [0.3, 0.4) is 0 Å². The van der Waals surface area contributed by atoms with Crippen molar-refractivity contribution in [3.8, 4) is 11.5 Å². The normalized spacial score (nSPS) is 13.4. The Labute approximate surface area is 151 Å². The first-order valence-electron chi connectivity index (χ1n) is 7.94. The predicted molar refractivity (Wildman–Crippen MR) is 98.1 cm³/mol. The largest absolute Gasteiger partial charge is 0.490 e. The Morgan fingerprint density at radius 2 is 1.65 bits per heavy atom. The molecule has 3 rings (SSSR count). The summed E-state index contributed by atoms with van der Waals surface area (Å²) in [6, 6.07) is 10.8. The highest BCUT2D eigenvalue weighted by Gasteiger charge is 2.19. The molecule has 0 atom stereocenters. The van der Waals surface area contributed by atoms with Crippen LogP contribution >= 0.6 is 0 Å². The molecule has 0 unspecified atom stereocenters. The smallest absolute Gasteiger partial charge is 0.262 e. The van der Waals surface area contributed by atoms with Gasteiger partial charge in [0, 0.05) is 23.9 Å². The van der Waals surface area contributed by atoms with Crippen molar-refractivity contribution in [3.63, 3.8) is 0 Å². The molecule has 0 fully saturated rings. The third kappa shape index (κ3) is 4.15. The lowest BCUT2D eigenvalue weighted by atomic mass is 10.3. The van der Waals surface area contributed by atoms with Gasteiger partial charge in [-0.05, 0) is 42.5 Å². The molecule has 1 heterocycles. The van der Waals surface area contributed by atoms with Gasteiger partial charge in [0.1, 0.15) is 0 Å². The Bertz CT molecular complexity index is 923. The van der Waals surface area contributed by atoms with Crippen LogP contribution in [0.4, 0.5) is 11.4 Å². The Morgan fingerprint density at radius 3 is 2.35 bits per heavy atom. The van der Waals surface area contributed by atoms with Crippen molar-refractivity contribution in [2.45, 2.75) is 11.3 Å². The lowest BCUT2D eigenvalue weighted by Gasteiger charge is -2.12. The number of ether oxygens (including phenoxy) is 2. The highest BCUT2D eigenvalue weighted by molar-refractivity contribution is 7.92. The number of nitrogens with one attached hydrogen (secondary N) is 2. The Hall–Kier alpha value is -3.00. The predicted octanol–water partition coefficient (Wildman–Crippen LogP) is 2.77. The Morgan fingerprint density at radius 1 is 1.00 bits per heavy atom. The van der Waals surface area contributed by atoms with Gasteiger partial charge in [0.25, 0.3) is 10.0 Å². The van der Waals surface area contributed by atoms with Crippen LogP contribution in [-0.4, -0.2) is 27.5 Å². The molecule has 1 aliphatic heterocycles. The van der Waals surface area contributed by atoms with Crippen LogP contribution in [0.15, 0.2) is 60.0 Å². The monoisotopic (exact) mass is 374 g/mol. The van der Waals surface area contributed by atoms with E-state index in [-0.39, 0.29) is 10.8 Å². The summed E-state index contributed by atoms with van der Waals surface area (Å²) in [4.78, 5) is 11.3. The van der Waals surface area contributed by atoms with Gasteiger partial charge in [0.05, 0.1) is 18.1 Å². The van der Waals surface area contributed by atoms with E-state index in [0.717, 1.165) is 12.5 Å². The number of sulfonamides is 1. The molecule has 0 spiro atoms. The van der Waals surface area contributed by atoms with Gasteiger partial charge in [-0.1, -0.05) is 6.58 Å². The average Bonchev–Trinajstić information content (AvgIpc) is 2.87. The number of carbonyl (C=O) groups excluding carboxylic acids is 1. The highest BCUT2D eigenvalue weighted by Crippen LogP contribution is 2.32. The van der Waals surface area contributed by atoms with Crippen LogP contribution in [-0.2, 0) is 14.8 Å². The molecule has 136 valence electrons. The zero-order valence-electron chi connectivity index (χ0n) is 13.9. The molecule has 0 saturated carbocycles. The molecule has 1 amide bonds. The molecule has 2 aromatic rings. The van der Waals surface area contributed by atoms with Gasteiger partial charge >= 0.3 is 0 Å². The summed E-state index contributed by atoms with van der Waals surface area (Å²) in [7, 11) is -3.79. The van der Waals surface area contributed by atoms with Gasteiger partial charge in [-0.2, -0.15) is 0 Å². The third-order valence-corrected chi connectivity index (χ3v) is 5.00. The van der Waals surface area contributed by atoms with Gasteiger partial charge in [-0.15, -0.1) is 0 Å². The van der Waals surface area contributed by atoms with Crippen LogP contribution < -0.4 is 19.5 Å². The number of fused-ring (bicyclic) bond motifs is 1. The topological polar surface area (TPSA) is 93.7 Å². The minimum Gasteiger partial charge on any atom is -0.490 e. The summed E-state index contributed by atoms with van der Waals surface area (Å²) in [5.74, 6) is 0.599. The number of carbonyl (C=O) groups is 1. The molecule has 2 aromatic carbocycles. The zero-order valence-corrected chi connectivity index (χ0v) is 14.7. The van der Waals surface area contributed by atoms with E-state index in [2.05, 4.69) is 16.6 Å². The van der Waals surface area contributed by atoms with E-state index in [4.69, 9.17) is 9.47 Å².